The van der Waals surface area contributed by atoms with Crippen molar-refractivity contribution in [2.24, 2.45) is 0 Å². The molecule has 1 N–H and O–H groups in total. The molecule has 2 heterocycles. The van der Waals surface area contributed by atoms with Crippen LogP contribution in [0, 0.1) is 29.8 Å². The molecule has 184 valence electrons. The Kier molecular flexibility index (Phi) is 6.10. The van der Waals surface area contributed by atoms with Crippen molar-refractivity contribution in [3.05, 3.63) is 124 Å². The van der Waals surface area contributed by atoms with Crippen molar-refractivity contribution in [1.82, 2.24) is 14.3 Å². The molecule has 0 fully saturated rings. The van der Waals surface area contributed by atoms with E-state index in [0.717, 1.165) is 22.6 Å². The Bertz CT molecular complexity index is 1620. The molecule has 0 saturated carbocycles. The molecular formula is C28H22FN5O3. The van der Waals surface area contributed by atoms with Gasteiger partial charge in [-0.25, -0.2) is 9.07 Å². The molecule has 0 spiro atoms. The van der Waals surface area contributed by atoms with Crippen molar-refractivity contribution in [3.8, 4) is 22.6 Å². The van der Waals surface area contributed by atoms with Crippen LogP contribution >= 0.6 is 0 Å². The molecule has 5 aromatic rings. The molecule has 0 atom stereocenters. The van der Waals surface area contributed by atoms with E-state index < -0.39 is 10.8 Å². The van der Waals surface area contributed by atoms with Crippen molar-refractivity contribution in [2.45, 2.75) is 13.8 Å². The van der Waals surface area contributed by atoms with Crippen molar-refractivity contribution < 1.29 is 14.1 Å². The maximum atomic E-state index is 14.6. The van der Waals surface area contributed by atoms with Gasteiger partial charge in [-0.2, -0.15) is 5.10 Å². The number of anilines is 1. The Morgan fingerprint density at radius 2 is 1.62 bits per heavy atom. The monoisotopic (exact) mass is 495 g/mol. The predicted octanol–water partition coefficient (Wildman–Crippen LogP) is 6.25. The lowest BCUT2D eigenvalue weighted by molar-refractivity contribution is -0.384. The molecule has 2 aromatic heterocycles. The predicted molar refractivity (Wildman–Crippen MR) is 139 cm³/mol. The quantitative estimate of drug-likeness (QED) is 0.223. The van der Waals surface area contributed by atoms with E-state index in [9.17, 15) is 19.3 Å². The largest absolute Gasteiger partial charge is 0.315 e. The molecule has 5 rings (SSSR count). The molecule has 1 amide bonds. The number of halogens is 1. The van der Waals surface area contributed by atoms with E-state index in [1.807, 2.05) is 54.8 Å². The minimum atomic E-state index is -0.518. The second-order valence-corrected chi connectivity index (χ2v) is 8.49. The number of hydrogen-bond donors (Lipinski definition) is 1. The highest BCUT2D eigenvalue weighted by molar-refractivity contribution is 6.04. The van der Waals surface area contributed by atoms with Crippen LogP contribution in [-0.2, 0) is 0 Å². The number of amides is 1. The number of nitro groups is 1. The van der Waals surface area contributed by atoms with Gasteiger partial charge in [-0.3, -0.25) is 14.9 Å². The smallest absolute Gasteiger partial charge is 0.269 e. The summed E-state index contributed by atoms with van der Waals surface area (Å²) in [5.74, 6) is -0.350. The zero-order valence-electron chi connectivity index (χ0n) is 20.1. The zero-order valence-corrected chi connectivity index (χ0v) is 20.1. The highest BCUT2D eigenvalue weighted by atomic mass is 19.1. The van der Waals surface area contributed by atoms with Gasteiger partial charge in [-0.1, -0.05) is 30.3 Å². The van der Waals surface area contributed by atoms with Crippen LogP contribution in [0.25, 0.3) is 22.6 Å². The van der Waals surface area contributed by atoms with Gasteiger partial charge in [0, 0.05) is 40.7 Å². The van der Waals surface area contributed by atoms with E-state index in [4.69, 9.17) is 5.10 Å². The lowest BCUT2D eigenvalue weighted by atomic mass is 10.1. The summed E-state index contributed by atoms with van der Waals surface area (Å²) in [6.45, 7) is 3.79. The van der Waals surface area contributed by atoms with Crippen molar-refractivity contribution in [2.75, 3.05) is 5.32 Å². The first-order chi connectivity index (χ1) is 17.8. The molecule has 0 aliphatic carbocycles. The second kappa shape index (κ2) is 9.54. The summed E-state index contributed by atoms with van der Waals surface area (Å²) >= 11 is 0. The van der Waals surface area contributed by atoms with Gasteiger partial charge in [-0.15, -0.1) is 0 Å². The molecule has 9 heteroatoms. The molecule has 0 saturated heterocycles. The number of carbonyl (C=O) groups excluding carboxylic acids is 1. The maximum absolute atomic E-state index is 14.6. The molecule has 37 heavy (non-hydrogen) atoms. The zero-order chi connectivity index (χ0) is 26.1. The Morgan fingerprint density at radius 3 is 2.30 bits per heavy atom. The number of carbonyl (C=O) groups is 1. The van der Waals surface area contributed by atoms with Crippen LogP contribution in [0.2, 0.25) is 0 Å². The average Bonchev–Trinajstić information content (AvgIpc) is 3.45. The minimum absolute atomic E-state index is 0.0987. The van der Waals surface area contributed by atoms with Gasteiger partial charge in [0.2, 0.25) is 0 Å². The van der Waals surface area contributed by atoms with Crippen LogP contribution in [-0.4, -0.2) is 25.2 Å². The summed E-state index contributed by atoms with van der Waals surface area (Å²) in [4.78, 5) is 23.4. The molecule has 3 aromatic carbocycles. The van der Waals surface area contributed by atoms with Crippen LogP contribution in [0.4, 0.5) is 15.9 Å². The summed E-state index contributed by atoms with van der Waals surface area (Å²) < 4.78 is 18.0. The first kappa shape index (κ1) is 23.7. The third-order valence-corrected chi connectivity index (χ3v) is 6.09. The Morgan fingerprint density at radius 1 is 0.946 bits per heavy atom. The summed E-state index contributed by atoms with van der Waals surface area (Å²) in [5, 5.41) is 18.6. The van der Waals surface area contributed by atoms with E-state index in [1.54, 1.807) is 28.9 Å². The van der Waals surface area contributed by atoms with Gasteiger partial charge in [0.15, 0.2) is 0 Å². The Labute approximate surface area is 211 Å². The number of rotatable bonds is 6. The molecule has 0 radical (unpaired) electrons. The van der Waals surface area contributed by atoms with Crippen LogP contribution in [0.15, 0.2) is 91.0 Å². The van der Waals surface area contributed by atoms with Crippen molar-refractivity contribution >= 4 is 17.4 Å². The van der Waals surface area contributed by atoms with Crippen LogP contribution in [0.3, 0.4) is 0 Å². The van der Waals surface area contributed by atoms with Gasteiger partial charge < -0.3 is 9.88 Å². The van der Waals surface area contributed by atoms with E-state index in [-0.39, 0.29) is 17.1 Å². The molecule has 0 unspecified atom stereocenters. The highest BCUT2D eigenvalue weighted by Crippen LogP contribution is 2.32. The van der Waals surface area contributed by atoms with Gasteiger partial charge in [0.05, 0.1) is 22.0 Å². The van der Waals surface area contributed by atoms with E-state index in [2.05, 4.69) is 5.32 Å². The average molecular weight is 496 g/mol. The normalized spacial score (nSPS) is 10.9. The number of aryl methyl sites for hydroxylation is 1. The van der Waals surface area contributed by atoms with E-state index >= 15 is 0 Å². The first-order valence-electron chi connectivity index (χ1n) is 11.5. The lowest BCUT2D eigenvalue weighted by Crippen LogP contribution is -2.15. The second-order valence-electron chi connectivity index (χ2n) is 8.49. The maximum Gasteiger partial charge on any atom is 0.269 e. The Hall–Kier alpha value is -5.05. The topological polar surface area (TPSA) is 95.0 Å². The third kappa shape index (κ3) is 4.50. The fraction of sp³-hybridized carbons (Fsp3) is 0.0714. The van der Waals surface area contributed by atoms with Gasteiger partial charge in [0.1, 0.15) is 11.6 Å². The summed E-state index contributed by atoms with van der Waals surface area (Å²) in [6, 6.07) is 25.0. The minimum Gasteiger partial charge on any atom is -0.315 e. The van der Waals surface area contributed by atoms with Gasteiger partial charge >= 0.3 is 0 Å². The van der Waals surface area contributed by atoms with Gasteiger partial charge in [-0.05, 0) is 56.3 Å². The standard InChI is InChI=1S/C28H22FN5O3/c1-18-16-23(19(2)32(18)26-11-7-6-10-24(26)29)25-17-27(33(31-25)21-8-4-3-5-9-21)30-28(35)20-12-14-22(15-13-20)34(36)37/h3-17H,1-2H3,(H,30,35). The molecule has 0 aliphatic rings. The summed E-state index contributed by atoms with van der Waals surface area (Å²) in [6.07, 6.45) is 0. The number of aromatic nitrogens is 3. The molecular weight excluding hydrogens is 473 g/mol. The number of hydrogen-bond acceptors (Lipinski definition) is 4. The van der Waals surface area contributed by atoms with Crippen LogP contribution < -0.4 is 5.32 Å². The highest BCUT2D eigenvalue weighted by Gasteiger charge is 2.20. The number of non-ortho nitro benzene ring substituents is 1. The lowest BCUT2D eigenvalue weighted by Gasteiger charge is -2.10. The third-order valence-electron chi connectivity index (χ3n) is 6.09. The fourth-order valence-corrected chi connectivity index (χ4v) is 4.32. The number of para-hydroxylation sites is 2. The SMILES string of the molecule is Cc1cc(-c2cc(NC(=O)c3ccc([N+](=O)[O-])cc3)n(-c3ccccc3)n2)c(C)n1-c1ccccc1F. The fourth-order valence-electron chi connectivity index (χ4n) is 4.32. The molecule has 0 aliphatic heterocycles. The van der Waals surface area contributed by atoms with E-state index in [1.165, 1.54) is 30.3 Å². The first-order valence-corrected chi connectivity index (χ1v) is 11.5. The summed E-state index contributed by atoms with van der Waals surface area (Å²) in [5.41, 5.74) is 4.37. The van der Waals surface area contributed by atoms with E-state index in [0.29, 0.717) is 17.2 Å². The number of nitrogens with one attached hydrogen (secondary N) is 1. The van der Waals surface area contributed by atoms with Crippen molar-refractivity contribution in [3.63, 3.8) is 0 Å². The van der Waals surface area contributed by atoms with Gasteiger partial charge in [0.25, 0.3) is 11.6 Å². The van der Waals surface area contributed by atoms with Crippen LogP contribution in [0.1, 0.15) is 21.7 Å². The Balaban J connectivity index is 1.56. The number of nitro benzene ring substituents is 1. The number of benzene rings is 3. The van der Waals surface area contributed by atoms with Crippen LogP contribution in [0.5, 0.6) is 0 Å². The van der Waals surface area contributed by atoms with Crippen molar-refractivity contribution in [1.29, 1.82) is 0 Å². The molecule has 0 bridgehead atoms. The molecule has 8 nitrogen and oxygen atoms in total. The number of nitrogens with zero attached hydrogens (tertiary/aromatic N) is 4. The summed E-state index contributed by atoms with van der Waals surface area (Å²) in [7, 11) is 0.